The maximum absolute atomic E-state index is 12.6. The molecular formula is C22H24ClNO3S. The van der Waals surface area contributed by atoms with Crippen LogP contribution in [0.5, 0.6) is 0 Å². The third-order valence-electron chi connectivity index (χ3n) is 4.71. The number of benzene rings is 1. The summed E-state index contributed by atoms with van der Waals surface area (Å²) in [5, 5.41) is 4.05. The van der Waals surface area contributed by atoms with E-state index < -0.39 is 0 Å². The summed E-state index contributed by atoms with van der Waals surface area (Å²) in [6.45, 7) is 2.10. The number of esters is 1. The van der Waals surface area contributed by atoms with E-state index in [4.69, 9.17) is 16.3 Å². The normalized spacial score (nSPS) is 14.2. The number of nitrogens with one attached hydrogen (secondary N) is 1. The number of hydrogen-bond donors (Lipinski definition) is 1. The van der Waals surface area contributed by atoms with Gasteiger partial charge < -0.3 is 10.1 Å². The minimum absolute atomic E-state index is 0.292. The molecule has 1 N–H and O–H groups in total. The van der Waals surface area contributed by atoms with Crippen molar-refractivity contribution in [2.24, 2.45) is 0 Å². The number of thiophene rings is 1. The third-order valence-corrected chi connectivity index (χ3v) is 6.26. The first-order valence-corrected chi connectivity index (χ1v) is 10.8. The van der Waals surface area contributed by atoms with Gasteiger partial charge in [-0.1, -0.05) is 42.6 Å². The molecule has 1 amide bonds. The van der Waals surface area contributed by atoms with Crippen LogP contribution in [0.25, 0.3) is 6.08 Å². The molecule has 0 saturated heterocycles. The summed E-state index contributed by atoms with van der Waals surface area (Å²) >= 11 is 7.63. The topological polar surface area (TPSA) is 55.4 Å². The zero-order valence-electron chi connectivity index (χ0n) is 15.9. The molecule has 1 aromatic carbocycles. The monoisotopic (exact) mass is 417 g/mol. The first-order valence-electron chi connectivity index (χ1n) is 9.65. The number of ether oxygens (including phenoxy) is 1. The fraction of sp³-hybridized carbons (Fsp3) is 0.364. The van der Waals surface area contributed by atoms with Crippen molar-refractivity contribution in [3.05, 3.63) is 56.9 Å². The lowest BCUT2D eigenvalue weighted by atomic mass is 9.96. The van der Waals surface area contributed by atoms with Crippen molar-refractivity contribution in [2.45, 2.75) is 45.4 Å². The molecule has 0 bridgehead atoms. The number of carbonyl (C=O) groups is 2. The Morgan fingerprint density at radius 3 is 2.68 bits per heavy atom. The van der Waals surface area contributed by atoms with Crippen LogP contribution in [0.3, 0.4) is 0 Å². The number of anilines is 1. The average molecular weight is 418 g/mol. The summed E-state index contributed by atoms with van der Waals surface area (Å²) in [5.74, 6) is -0.648. The van der Waals surface area contributed by atoms with E-state index in [9.17, 15) is 9.59 Å². The molecule has 148 valence electrons. The van der Waals surface area contributed by atoms with Crippen LogP contribution in [-0.4, -0.2) is 18.5 Å². The van der Waals surface area contributed by atoms with Crippen molar-refractivity contribution in [1.82, 2.24) is 0 Å². The molecule has 1 heterocycles. The van der Waals surface area contributed by atoms with Crippen LogP contribution in [0, 0.1) is 0 Å². The number of aryl methyl sites for hydroxylation is 1. The molecule has 2 aromatic rings. The Morgan fingerprint density at radius 2 is 1.93 bits per heavy atom. The van der Waals surface area contributed by atoms with Crippen LogP contribution >= 0.6 is 22.9 Å². The van der Waals surface area contributed by atoms with E-state index in [1.54, 1.807) is 19.1 Å². The van der Waals surface area contributed by atoms with Crippen molar-refractivity contribution in [2.75, 3.05) is 11.9 Å². The van der Waals surface area contributed by atoms with Gasteiger partial charge in [-0.05, 0) is 55.9 Å². The van der Waals surface area contributed by atoms with E-state index in [-0.39, 0.29) is 11.9 Å². The lowest BCUT2D eigenvalue weighted by Crippen LogP contribution is -2.13. The maximum atomic E-state index is 12.6. The number of rotatable bonds is 5. The number of hydrogen-bond acceptors (Lipinski definition) is 4. The quantitative estimate of drug-likeness (QED) is 0.487. The molecule has 0 aliphatic heterocycles. The predicted octanol–water partition coefficient (Wildman–Crippen LogP) is 5.89. The Kier molecular flexibility index (Phi) is 7.29. The maximum Gasteiger partial charge on any atom is 0.341 e. The lowest BCUT2D eigenvalue weighted by Gasteiger charge is -2.11. The first kappa shape index (κ1) is 20.6. The summed E-state index contributed by atoms with van der Waals surface area (Å²) in [7, 11) is 0. The van der Waals surface area contributed by atoms with Crippen molar-refractivity contribution in [1.29, 1.82) is 0 Å². The Labute approximate surface area is 174 Å². The van der Waals surface area contributed by atoms with Gasteiger partial charge in [0.05, 0.1) is 12.2 Å². The van der Waals surface area contributed by atoms with Crippen molar-refractivity contribution < 1.29 is 14.3 Å². The van der Waals surface area contributed by atoms with E-state index in [1.165, 1.54) is 35.1 Å². The standard InChI is InChI=1S/C22H24ClNO3S/c1-2-27-22(26)20-16-10-5-3-4-6-12-18(16)28-21(20)24-19(25)14-13-15-9-7-8-11-17(15)23/h7-9,11,13-14H,2-6,10,12H2,1H3,(H,24,25). The van der Waals surface area contributed by atoms with Crippen LogP contribution in [0.2, 0.25) is 5.02 Å². The predicted molar refractivity (Wildman–Crippen MR) is 115 cm³/mol. The molecule has 0 fully saturated rings. The molecule has 0 spiro atoms. The fourth-order valence-corrected chi connectivity index (χ4v) is 4.84. The minimum atomic E-state index is -0.356. The molecule has 1 aliphatic rings. The van der Waals surface area contributed by atoms with Crippen LogP contribution in [0.4, 0.5) is 5.00 Å². The molecule has 4 nitrogen and oxygen atoms in total. The largest absolute Gasteiger partial charge is 0.462 e. The summed E-state index contributed by atoms with van der Waals surface area (Å²) < 4.78 is 5.27. The molecule has 0 unspecified atom stereocenters. The molecule has 1 aliphatic carbocycles. The van der Waals surface area contributed by atoms with E-state index in [1.807, 2.05) is 18.2 Å². The van der Waals surface area contributed by atoms with Gasteiger partial charge >= 0.3 is 5.97 Å². The molecular weight excluding hydrogens is 394 g/mol. The van der Waals surface area contributed by atoms with Gasteiger partial charge in [0.25, 0.3) is 0 Å². The van der Waals surface area contributed by atoms with Gasteiger partial charge in [-0.15, -0.1) is 11.3 Å². The van der Waals surface area contributed by atoms with E-state index in [2.05, 4.69) is 5.32 Å². The van der Waals surface area contributed by atoms with Gasteiger partial charge in [0.1, 0.15) is 5.00 Å². The number of halogens is 1. The van der Waals surface area contributed by atoms with E-state index >= 15 is 0 Å². The Bertz CT molecular complexity index is 888. The summed E-state index contributed by atoms with van der Waals surface area (Å²) in [6, 6.07) is 7.32. The van der Waals surface area contributed by atoms with Gasteiger partial charge in [0, 0.05) is 16.0 Å². The molecule has 3 rings (SSSR count). The fourth-order valence-electron chi connectivity index (χ4n) is 3.36. The summed E-state index contributed by atoms with van der Waals surface area (Å²) in [6.07, 6.45) is 9.43. The molecule has 0 atom stereocenters. The van der Waals surface area contributed by atoms with Gasteiger partial charge in [0.15, 0.2) is 0 Å². The number of fused-ring (bicyclic) bond motifs is 1. The van der Waals surface area contributed by atoms with Gasteiger partial charge in [-0.3, -0.25) is 4.79 Å². The number of carbonyl (C=O) groups excluding carboxylic acids is 2. The van der Waals surface area contributed by atoms with Gasteiger partial charge in [0.2, 0.25) is 5.91 Å². The Morgan fingerprint density at radius 1 is 1.18 bits per heavy atom. The van der Waals surface area contributed by atoms with Gasteiger partial charge in [-0.2, -0.15) is 0 Å². The SMILES string of the molecule is CCOC(=O)c1c(NC(=O)C=Cc2ccccc2Cl)sc2c1CCCCCC2. The number of amides is 1. The molecule has 0 radical (unpaired) electrons. The van der Waals surface area contributed by atoms with E-state index in [0.29, 0.717) is 22.2 Å². The lowest BCUT2D eigenvalue weighted by molar-refractivity contribution is -0.111. The zero-order chi connectivity index (χ0) is 19.9. The zero-order valence-corrected chi connectivity index (χ0v) is 17.5. The van der Waals surface area contributed by atoms with Crippen molar-refractivity contribution in [3.8, 4) is 0 Å². The van der Waals surface area contributed by atoms with Crippen molar-refractivity contribution in [3.63, 3.8) is 0 Å². The van der Waals surface area contributed by atoms with E-state index in [0.717, 1.165) is 36.8 Å². The molecule has 0 saturated carbocycles. The van der Waals surface area contributed by atoms with Crippen LogP contribution in [0.15, 0.2) is 30.3 Å². The average Bonchev–Trinajstić information content (AvgIpc) is 2.97. The molecule has 28 heavy (non-hydrogen) atoms. The Balaban J connectivity index is 1.85. The molecule has 1 aromatic heterocycles. The summed E-state index contributed by atoms with van der Waals surface area (Å²) in [5.41, 5.74) is 2.35. The van der Waals surface area contributed by atoms with Gasteiger partial charge in [-0.25, -0.2) is 4.79 Å². The van der Waals surface area contributed by atoms with Crippen LogP contribution in [0.1, 0.15) is 59.0 Å². The highest BCUT2D eigenvalue weighted by molar-refractivity contribution is 7.17. The minimum Gasteiger partial charge on any atom is -0.462 e. The van der Waals surface area contributed by atoms with Crippen molar-refractivity contribution >= 4 is 45.9 Å². The van der Waals surface area contributed by atoms with Crippen LogP contribution < -0.4 is 5.32 Å². The van der Waals surface area contributed by atoms with Crippen LogP contribution in [-0.2, 0) is 22.4 Å². The molecule has 6 heteroatoms. The third kappa shape index (κ3) is 5.03. The first-order chi connectivity index (χ1) is 13.6. The highest BCUT2D eigenvalue weighted by atomic mass is 35.5. The summed E-state index contributed by atoms with van der Waals surface area (Å²) in [4.78, 5) is 26.3. The smallest absolute Gasteiger partial charge is 0.341 e. The highest BCUT2D eigenvalue weighted by Crippen LogP contribution is 2.37. The second kappa shape index (κ2) is 9.89. The second-order valence-corrected chi connectivity index (χ2v) is 8.20. The second-order valence-electron chi connectivity index (χ2n) is 6.69. The Hall–Kier alpha value is -2.11. The highest BCUT2D eigenvalue weighted by Gasteiger charge is 2.25.